The Morgan fingerprint density at radius 3 is 1.90 bits per heavy atom. The summed E-state index contributed by atoms with van der Waals surface area (Å²) in [5.74, 6) is -1.06. The van der Waals surface area contributed by atoms with Crippen LogP contribution in [-0.2, 0) is 9.84 Å². The lowest BCUT2D eigenvalue weighted by atomic mass is 10.1. The lowest BCUT2D eigenvalue weighted by Crippen LogP contribution is -2.32. The molecule has 0 atom stereocenters. The van der Waals surface area contributed by atoms with Crippen LogP contribution in [0.4, 0.5) is 5.69 Å². The van der Waals surface area contributed by atoms with Crippen molar-refractivity contribution in [2.75, 3.05) is 16.8 Å². The van der Waals surface area contributed by atoms with Crippen LogP contribution in [0.5, 0.6) is 0 Å². The van der Waals surface area contributed by atoms with E-state index in [-0.39, 0.29) is 28.7 Å². The number of hydrogen-bond acceptors (Lipinski definition) is 5. The van der Waals surface area contributed by atoms with Crippen molar-refractivity contribution in [3.63, 3.8) is 0 Å². The molecule has 0 radical (unpaired) electrons. The van der Waals surface area contributed by atoms with Crippen LogP contribution in [0.2, 0.25) is 0 Å². The van der Waals surface area contributed by atoms with Crippen LogP contribution >= 0.6 is 0 Å². The topological polar surface area (TPSA) is 132 Å². The smallest absolute Gasteiger partial charge is 0.248 e. The molecule has 0 bridgehead atoms. The van der Waals surface area contributed by atoms with Gasteiger partial charge in [0.05, 0.1) is 11.5 Å². The predicted molar refractivity (Wildman–Crippen MR) is 78.8 cm³/mol. The van der Waals surface area contributed by atoms with Crippen LogP contribution in [0.3, 0.4) is 0 Å². The number of carbonyl (C=O) groups excluding carboxylic acids is 2. The van der Waals surface area contributed by atoms with E-state index < -0.39 is 21.7 Å². The third kappa shape index (κ3) is 3.94. The summed E-state index contributed by atoms with van der Waals surface area (Å²) in [4.78, 5) is 22.5. The molecule has 0 saturated carbocycles. The van der Waals surface area contributed by atoms with Gasteiger partial charge in [-0.25, -0.2) is 8.42 Å². The minimum atomic E-state index is -2.94. The second-order valence-corrected chi connectivity index (χ2v) is 7.40. The summed E-state index contributed by atoms with van der Waals surface area (Å²) in [5.41, 5.74) is 11.3. The number of carbonyl (C=O) groups is 2. The van der Waals surface area contributed by atoms with Gasteiger partial charge in [-0.1, -0.05) is 0 Å². The summed E-state index contributed by atoms with van der Waals surface area (Å²) in [5, 5.41) is 3.13. The summed E-state index contributed by atoms with van der Waals surface area (Å²) < 4.78 is 22.8. The molecule has 1 fully saturated rings. The first-order valence-corrected chi connectivity index (χ1v) is 8.30. The Morgan fingerprint density at radius 1 is 1.00 bits per heavy atom. The molecule has 1 aliphatic rings. The first-order chi connectivity index (χ1) is 9.77. The minimum absolute atomic E-state index is 0.0302. The van der Waals surface area contributed by atoms with Crippen molar-refractivity contribution in [2.45, 2.75) is 18.9 Å². The summed E-state index contributed by atoms with van der Waals surface area (Å²) >= 11 is 0. The lowest BCUT2D eigenvalue weighted by Gasteiger charge is -2.24. The van der Waals surface area contributed by atoms with Gasteiger partial charge in [-0.05, 0) is 31.0 Å². The number of sulfone groups is 1. The molecule has 1 heterocycles. The van der Waals surface area contributed by atoms with Gasteiger partial charge in [0.15, 0.2) is 0 Å². The Labute approximate surface area is 122 Å². The minimum Gasteiger partial charge on any atom is -0.382 e. The standard InChI is InChI=1S/C13H17N3O4S/c14-12(17)8-5-9(13(15)18)7-11(6-8)16-10-1-3-21(19,20)4-2-10/h5-7,10,16H,1-4H2,(H2,14,17)(H2,15,18). The van der Waals surface area contributed by atoms with Crippen molar-refractivity contribution in [2.24, 2.45) is 11.5 Å². The molecule has 1 aliphatic heterocycles. The molecular formula is C13H17N3O4S. The second kappa shape index (κ2) is 5.72. The fourth-order valence-corrected chi connectivity index (χ4v) is 3.76. The van der Waals surface area contributed by atoms with Crippen molar-refractivity contribution in [3.8, 4) is 0 Å². The van der Waals surface area contributed by atoms with Crippen molar-refractivity contribution in [1.29, 1.82) is 0 Å². The third-order valence-corrected chi connectivity index (χ3v) is 5.14. The number of amides is 2. The molecule has 0 spiro atoms. The fourth-order valence-electron chi connectivity index (χ4n) is 2.27. The van der Waals surface area contributed by atoms with E-state index >= 15 is 0 Å². The molecular weight excluding hydrogens is 294 g/mol. The molecule has 1 aromatic carbocycles. The number of primary amides is 2. The van der Waals surface area contributed by atoms with Gasteiger partial charge < -0.3 is 16.8 Å². The van der Waals surface area contributed by atoms with Crippen LogP contribution in [0.15, 0.2) is 18.2 Å². The van der Waals surface area contributed by atoms with Gasteiger partial charge in [0.1, 0.15) is 9.84 Å². The number of hydrogen-bond donors (Lipinski definition) is 3. The zero-order valence-electron chi connectivity index (χ0n) is 11.3. The Bertz CT molecular complexity index is 638. The van der Waals surface area contributed by atoms with Crippen molar-refractivity contribution in [1.82, 2.24) is 0 Å². The molecule has 21 heavy (non-hydrogen) atoms. The quantitative estimate of drug-likeness (QED) is 0.712. The van der Waals surface area contributed by atoms with Crippen LogP contribution in [-0.4, -0.2) is 37.8 Å². The lowest BCUT2D eigenvalue weighted by molar-refractivity contribution is 0.0999. The van der Waals surface area contributed by atoms with Crippen LogP contribution < -0.4 is 16.8 Å². The Balaban J connectivity index is 2.20. The number of rotatable bonds is 4. The van der Waals surface area contributed by atoms with E-state index in [0.29, 0.717) is 18.5 Å². The van der Waals surface area contributed by atoms with E-state index in [1.807, 2.05) is 0 Å². The molecule has 114 valence electrons. The molecule has 5 N–H and O–H groups in total. The average molecular weight is 311 g/mol. The fraction of sp³-hybridized carbons (Fsp3) is 0.385. The second-order valence-electron chi connectivity index (χ2n) is 5.10. The zero-order valence-corrected chi connectivity index (χ0v) is 12.2. The molecule has 1 aromatic rings. The molecule has 8 heteroatoms. The van der Waals surface area contributed by atoms with Crippen molar-refractivity contribution < 1.29 is 18.0 Å². The molecule has 0 aliphatic carbocycles. The molecule has 7 nitrogen and oxygen atoms in total. The van der Waals surface area contributed by atoms with Gasteiger partial charge in [0, 0.05) is 22.9 Å². The number of benzene rings is 1. The maximum Gasteiger partial charge on any atom is 0.248 e. The van der Waals surface area contributed by atoms with Gasteiger partial charge in [0.25, 0.3) is 0 Å². The summed E-state index contributed by atoms with van der Waals surface area (Å²) in [6.07, 6.45) is 0.962. The van der Waals surface area contributed by atoms with Crippen molar-refractivity contribution in [3.05, 3.63) is 29.3 Å². The summed E-state index contributed by atoms with van der Waals surface area (Å²) in [6, 6.07) is 4.36. The summed E-state index contributed by atoms with van der Waals surface area (Å²) in [6.45, 7) is 0. The first kappa shape index (κ1) is 15.3. The molecule has 1 saturated heterocycles. The maximum absolute atomic E-state index is 11.4. The van der Waals surface area contributed by atoms with Gasteiger partial charge in [-0.15, -0.1) is 0 Å². The highest BCUT2D eigenvalue weighted by atomic mass is 32.2. The highest BCUT2D eigenvalue weighted by molar-refractivity contribution is 7.91. The van der Waals surface area contributed by atoms with Crippen LogP contribution in [0, 0.1) is 0 Å². The van der Waals surface area contributed by atoms with Gasteiger partial charge in [0.2, 0.25) is 11.8 Å². The number of nitrogens with two attached hydrogens (primary N) is 2. The number of nitrogens with one attached hydrogen (secondary N) is 1. The zero-order chi connectivity index (χ0) is 15.6. The normalized spacial score (nSPS) is 18.1. The summed E-state index contributed by atoms with van der Waals surface area (Å²) in [7, 11) is -2.94. The molecule has 2 rings (SSSR count). The van der Waals surface area contributed by atoms with E-state index in [9.17, 15) is 18.0 Å². The Kier molecular flexibility index (Phi) is 4.17. The van der Waals surface area contributed by atoms with Crippen molar-refractivity contribution >= 4 is 27.3 Å². The highest BCUT2D eigenvalue weighted by Crippen LogP contribution is 2.20. The molecule has 2 amide bonds. The van der Waals surface area contributed by atoms with Crippen LogP contribution in [0.1, 0.15) is 33.6 Å². The van der Waals surface area contributed by atoms with Gasteiger partial charge in [-0.3, -0.25) is 9.59 Å². The van der Waals surface area contributed by atoms with Crippen LogP contribution in [0.25, 0.3) is 0 Å². The average Bonchev–Trinajstić information content (AvgIpc) is 2.41. The Morgan fingerprint density at radius 2 is 1.48 bits per heavy atom. The third-order valence-electron chi connectivity index (χ3n) is 3.43. The monoisotopic (exact) mass is 311 g/mol. The largest absolute Gasteiger partial charge is 0.382 e. The number of anilines is 1. The maximum atomic E-state index is 11.4. The highest BCUT2D eigenvalue weighted by Gasteiger charge is 2.23. The first-order valence-electron chi connectivity index (χ1n) is 6.48. The Hall–Kier alpha value is -2.09. The molecule has 0 aromatic heterocycles. The predicted octanol–water partition coefficient (Wildman–Crippen LogP) is -0.126. The van der Waals surface area contributed by atoms with Gasteiger partial charge in [-0.2, -0.15) is 0 Å². The van der Waals surface area contributed by atoms with E-state index in [1.54, 1.807) is 0 Å². The van der Waals surface area contributed by atoms with E-state index in [2.05, 4.69) is 5.32 Å². The molecule has 0 unspecified atom stereocenters. The van der Waals surface area contributed by atoms with E-state index in [1.165, 1.54) is 18.2 Å². The SMILES string of the molecule is NC(=O)c1cc(NC2CCS(=O)(=O)CC2)cc(C(N)=O)c1. The van der Waals surface area contributed by atoms with Gasteiger partial charge >= 0.3 is 0 Å². The van der Waals surface area contributed by atoms with E-state index in [4.69, 9.17) is 11.5 Å². The van der Waals surface area contributed by atoms with E-state index in [0.717, 1.165) is 0 Å².